The number of benzene rings is 2. The normalized spacial score (nSPS) is 22.1. The number of hydrogen-bond acceptors (Lipinski definition) is 11. The minimum absolute atomic E-state index is 0.0166. The first-order valence-electron chi connectivity index (χ1n) is 17.6. The number of alkyl carbamates (subject to hydrolysis) is 1. The van der Waals surface area contributed by atoms with Gasteiger partial charge in [-0.25, -0.2) is 18.2 Å². The van der Waals surface area contributed by atoms with Crippen LogP contribution in [0.2, 0.25) is 0 Å². The monoisotopic (exact) mass is 727 g/mol. The number of aromatic nitrogens is 1. The predicted molar refractivity (Wildman–Crippen MR) is 192 cm³/mol. The smallest absolute Gasteiger partial charge is 0.407 e. The van der Waals surface area contributed by atoms with Crippen LogP contribution in [0.1, 0.15) is 38.7 Å². The second-order valence-electron chi connectivity index (χ2n) is 13.7. The van der Waals surface area contributed by atoms with Crippen molar-refractivity contribution in [1.29, 1.82) is 0 Å². The summed E-state index contributed by atoms with van der Waals surface area (Å²) in [4.78, 5) is 20.4. The molecule has 1 aromatic heterocycles. The molecule has 0 radical (unpaired) electrons. The number of nitrogens with zero attached hydrogens (tertiary/aromatic N) is 3. The summed E-state index contributed by atoms with van der Waals surface area (Å²) in [5.41, 5.74) is 2.47. The standard InChI is InChI=1S/C36H49N5O7S2/c1-25(2)21-41(50(44,45)28-12-10-27(11-13-28)31-24-49-35(38-31)37-15-18-40-16-6-7-17-40)22-32(42)30(20-26-8-4-3-5-9-26)39-36(43)48-33-23-47-34-29(33)14-19-46-34/h3-5,8-13,24-25,29-30,32-34,42H,6-7,14-23H2,1-2H3,(H,37,38)(H,39,43)/t29-,30-,32+,33-,34+/m0/s1. The van der Waals surface area contributed by atoms with Gasteiger partial charge in [0, 0.05) is 37.1 Å². The molecule has 50 heavy (non-hydrogen) atoms. The molecule has 6 rings (SSSR count). The van der Waals surface area contributed by atoms with Gasteiger partial charge in [-0.2, -0.15) is 4.31 Å². The molecule has 0 saturated carbocycles. The number of thiazole rings is 1. The number of fused-ring (bicyclic) bond motifs is 1. The summed E-state index contributed by atoms with van der Waals surface area (Å²) in [6.45, 7) is 8.75. The van der Waals surface area contributed by atoms with Gasteiger partial charge in [-0.05, 0) is 62.4 Å². The topological polar surface area (TPSA) is 143 Å². The van der Waals surface area contributed by atoms with Crippen molar-refractivity contribution in [2.75, 3.05) is 57.8 Å². The van der Waals surface area contributed by atoms with Gasteiger partial charge in [0.05, 0.1) is 41.9 Å². The third kappa shape index (κ3) is 9.40. The van der Waals surface area contributed by atoms with E-state index >= 15 is 0 Å². The SMILES string of the molecule is CC(C)CN(C[C@@H](O)[C@H](Cc1ccccc1)NC(=O)O[C@H]1CO[C@H]2OCC[C@H]21)S(=O)(=O)c1ccc(-c2csc(NCCN3CCCC3)n2)cc1. The zero-order chi connectivity index (χ0) is 35.1. The molecule has 3 aliphatic heterocycles. The number of hydrogen-bond donors (Lipinski definition) is 3. The molecule has 3 N–H and O–H groups in total. The van der Waals surface area contributed by atoms with Crippen LogP contribution in [-0.4, -0.2) is 111 Å². The largest absolute Gasteiger partial charge is 0.443 e. The Hall–Kier alpha value is -3.11. The molecule has 4 heterocycles. The molecule has 2 aromatic carbocycles. The number of sulfonamides is 1. The maximum absolute atomic E-state index is 14.1. The number of aliphatic hydroxyl groups is 1. The summed E-state index contributed by atoms with van der Waals surface area (Å²) in [6, 6.07) is 15.3. The molecule has 0 aliphatic carbocycles. The highest BCUT2D eigenvalue weighted by molar-refractivity contribution is 7.89. The van der Waals surface area contributed by atoms with E-state index in [4.69, 9.17) is 19.2 Å². The summed E-state index contributed by atoms with van der Waals surface area (Å²) in [6.07, 6.45) is 0.802. The lowest BCUT2D eigenvalue weighted by atomic mass is 10.0. The van der Waals surface area contributed by atoms with Gasteiger partial charge in [-0.15, -0.1) is 11.3 Å². The summed E-state index contributed by atoms with van der Waals surface area (Å²) in [5.74, 6) is -0.0488. The van der Waals surface area contributed by atoms with Gasteiger partial charge in [0.15, 0.2) is 11.4 Å². The summed E-state index contributed by atoms with van der Waals surface area (Å²) in [7, 11) is -4.00. The van der Waals surface area contributed by atoms with Gasteiger partial charge in [0.2, 0.25) is 10.0 Å². The van der Waals surface area contributed by atoms with E-state index < -0.39 is 34.4 Å². The van der Waals surface area contributed by atoms with Crippen LogP contribution in [0.25, 0.3) is 11.3 Å². The average Bonchev–Trinajstić information content (AvgIpc) is 3.93. The number of rotatable bonds is 16. The van der Waals surface area contributed by atoms with Crippen LogP contribution >= 0.6 is 11.3 Å². The van der Waals surface area contributed by atoms with Crippen molar-refractivity contribution in [2.24, 2.45) is 11.8 Å². The second-order valence-corrected chi connectivity index (χ2v) is 16.5. The molecular weight excluding hydrogens is 679 g/mol. The van der Waals surface area contributed by atoms with Gasteiger partial charge in [-0.1, -0.05) is 56.3 Å². The van der Waals surface area contributed by atoms with Crippen LogP contribution in [0.4, 0.5) is 9.93 Å². The highest BCUT2D eigenvalue weighted by Crippen LogP contribution is 2.33. The summed E-state index contributed by atoms with van der Waals surface area (Å²) in [5, 5.41) is 20.6. The number of amides is 1. The first-order valence-corrected chi connectivity index (χ1v) is 19.9. The number of nitrogens with one attached hydrogen (secondary N) is 2. The zero-order valence-corrected chi connectivity index (χ0v) is 30.4. The summed E-state index contributed by atoms with van der Waals surface area (Å²) < 4.78 is 46.3. The molecule has 272 valence electrons. The zero-order valence-electron chi connectivity index (χ0n) is 28.8. The Morgan fingerprint density at radius 2 is 1.86 bits per heavy atom. The fourth-order valence-corrected chi connectivity index (χ4v) is 9.17. The number of ether oxygens (including phenoxy) is 3. The quantitative estimate of drug-likeness (QED) is 0.194. The van der Waals surface area contributed by atoms with E-state index in [-0.39, 0.29) is 49.1 Å². The Kier molecular flexibility index (Phi) is 12.4. The van der Waals surface area contributed by atoms with Gasteiger partial charge in [0.1, 0.15) is 6.10 Å². The average molecular weight is 728 g/mol. The molecule has 1 amide bonds. The van der Waals surface area contributed by atoms with Gasteiger partial charge >= 0.3 is 6.09 Å². The highest BCUT2D eigenvalue weighted by Gasteiger charge is 2.44. The van der Waals surface area contributed by atoms with Crippen LogP contribution in [-0.2, 0) is 30.7 Å². The minimum atomic E-state index is -4.00. The number of likely N-dealkylation sites (tertiary alicyclic amines) is 1. The van der Waals surface area contributed by atoms with Crippen molar-refractivity contribution in [2.45, 2.75) is 69.0 Å². The van der Waals surface area contributed by atoms with Crippen molar-refractivity contribution in [3.8, 4) is 11.3 Å². The van der Waals surface area contributed by atoms with Gasteiger partial charge in [0.25, 0.3) is 0 Å². The number of carbonyl (C=O) groups is 1. The van der Waals surface area contributed by atoms with E-state index in [0.717, 1.165) is 54.6 Å². The molecule has 0 bridgehead atoms. The van der Waals surface area contributed by atoms with E-state index in [1.165, 1.54) is 28.5 Å². The van der Waals surface area contributed by atoms with E-state index in [9.17, 15) is 18.3 Å². The molecule has 12 nitrogen and oxygen atoms in total. The van der Waals surface area contributed by atoms with Crippen LogP contribution < -0.4 is 10.6 Å². The second kappa shape index (κ2) is 16.9. The van der Waals surface area contributed by atoms with Crippen LogP contribution in [0.15, 0.2) is 64.9 Å². The fraction of sp³-hybridized carbons (Fsp3) is 0.556. The Balaban J connectivity index is 1.12. The predicted octanol–water partition coefficient (Wildman–Crippen LogP) is 4.42. The van der Waals surface area contributed by atoms with E-state index in [2.05, 4.69) is 15.5 Å². The third-order valence-electron chi connectivity index (χ3n) is 9.46. The maximum atomic E-state index is 14.1. The maximum Gasteiger partial charge on any atom is 0.407 e. The van der Waals surface area contributed by atoms with Crippen LogP contribution in [0.3, 0.4) is 0 Å². The molecular formula is C36H49N5O7S2. The molecule has 3 fully saturated rings. The molecule has 3 aliphatic rings. The summed E-state index contributed by atoms with van der Waals surface area (Å²) >= 11 is 1.53. The highest BCUT2D eigenvalue weighted by atomic mass is 32.2. The molecule has 14 heteroatoms. The van der Waals surface area contributed by atoms with E-state index in [1.54, 1.807) is 24.3 Å². The third-order valence-corrected chi connectivity index (χ3v) is 12.1. The van der Waals surface area contributed by atoms with Crippen LogP contribution in [0.5, 0.6) is 0 Å². The first-order chi connectivity index (χ1) is 24.2. The van der Waals surface area contributed by atoms with Crippen molar-refractivity contribution in [1.82, 2.24) is 19.5 Å². The molecule has 0 spiro atoms. The van der Waals surface area contributed by atoms with Crippen molar-refractivity contribution in [3.63, 3.8) is 0 Å². The van der Waals surface area contributed by atoms with Gasteiger partial charge < -0.3 is 34.9 Å². The first kappa shape index (κ1) is 36.7. The number of anilines is 1. The lowest BCUT2D eigenvalue weighted by Crippen LogP contribution is -2.51. The molecule has 5 atom stereocenters. The Labute approximate surface area is 299 Å². The lowest BCUT2D eigenvalue weighted by Gasteiger charge is -2.31. The number of aliphatic hydroxyl groups excluding tert-OH is 1. The molecule has 0 unspecified atom stereocenters. The van der Waals surface area contributed by atoms with Crippen molar-refractivity contribution in [3.05, 3.63) is 65.5 Å². The Morgan fingerprint density at radius 1 is 1.10 bits per heavy atom. The lowest BCUT2D eigenvalue weighted by molar-refractivity contribution is -0.0907. The van der Waals surface area contributed by atoms with Crippen molar-refractivity contribution < 1.29 is 32.5 Å². The van der Waals surface area contributed by atoms with Crippen LogP contribution in [0, 0.1) is 11.8 Å². The fourth-order valence-electron chi connectivity index (χ4n) is 6.80. The molecule has 3 aromatic rings. The number of carbonyl (C=O) groups excluding carboxylic acids is 1. The van der Waals surface area contributed by atoms with E-state index in [0.29, 0.717) is 6.61 Å². The van der Waals surface area contributed by atoms with Gasteiger partial charge in [-0.3, -0.25) is 0 Å². The minimum Gasteiger partial charge on any atom is -0.443 e. The Morgan fingerprint density at radius 3 is 2.60 bits per heavy atom. The Bertz CT molecular complexity index is 1630. The van der Waals surface area contributed by atoms with Crippen molar-refractivity contribution >= 4 is 32.6 Å². The molecule has 3 saturated heterocycles. The van der Waals surface area contributed by atoms with E-state index in [1.807, 2.05) is 49.6 Å².